The Labute approximate surface area is 291 Å². The first-order chi connectivity index (χ1) is 24.7. The standard InChI is InChI=1S/C45H33N5/c46-39(32-19-7-2-8-20-32)29-40(47-30-31-17-5-1-6-18-31)41-37-27-15-13-25-35(37)36-26-14-16-28-38(36)42(41)45-49-43(33-21-9-3-10-22-33)48-44(50-45)34-23-11-4-12-24-34/h1-29H,30,46H2/b39-29-,47-40+. The van der Waals surface area contributed by atoms with Crippen LogP contribution in [0.1, 0.15) is 16.7 Å². The summed E-state index contributed by atoms with van der Waals surface area (Å²) in [5.74, 6) is 1.76. The van der Waals surface area contributed by atoms with Crippen molar-refractivity contribution in [1.29, 1.82) is 0 Å². The minimum absolute atomic E-state index is 0.469. The summed E-state index contributed by atoms with van der Waals surface area (Å²) in [7, 11) is 0. The second kappa shape index (κ2) is 13.8. The van der Waals surface area contributed by atoms with Gasteiger partial charge in [0, 0.05) is 28.0 Å². The lowest BCUT2D eigenvalue weighted by Crippen LogP contribution is -2.09. The zero-order chi connectivity index (χ0) is 33.7. The third kappa shape index (κ3) is 6.16. The first-order valence-corrected chi connectivity index (χ1v) is 16.6. The number of fused-ring (bicyclic) bond motifs is 3. The molecule has 0 fully saturated rings. The van der Waals surface area contributed by atoms with Gasteiger partial charge < -0.3 is 5.73 Å². The molecule has 0 bridgehead atoms. The SMILES string of the molecule is N/C(=C\C(=N/Cc1ccccc1)c1c(-c2nc(-c3ccccc3)nc(-c3ccccc3)n2)c2ccccc2c2ccccc12)c1ccccc1. The molecule has 1 heterocycles. The second-order valence-corrected chi connectivity index (χ2v) is 12.0. The van der Waals surface area contributed by atoms with E-state index in [1.54, 1.807) is 0 Å². The lowest BCUT2D eigenvalue weighted by Gasteiger charge is -2.19. The van der Waals surface area contributed by atoms with Gasteiger partial charge in [0.25, 0.3) is 0 Å². The van der Waals surface area contributed by atoms with Crippen molar-refractivity contribution in [1.82, 2.24) is 15.0 Å². The molecule has 0 saturated carbocycles. The highest BCUT2D eigenvalue weighted by Gasteiger charge is 2.23. The van der Waals surface area contributed by atoms with E-state index in [0.717, 1.165) is 60.6 Å². The van der Waals surface area contributed by atoms with Crippen LogP contribution in [0.5, 0.6) is 0 Å². The van der Waals surface area contributed by atoms with Gasteiger partial charge >= 0.3 is 0 Å². The van der Waals surface area contributed by atoms with Crippen molar-refractivity contribution >= 4 is 33.0 Å². The molecule has 50 heavy (non-hydrogen) atoms. The molecular formula is C45H33N5. The van der Waals surface area contributed by atoms with E-state index in [2.05, 4.69) is 60.7 Å². The number of nitrogens with two attached hydrogens (primary N) is 1. The van der Waals surface area contributed by atoms with Gasteiger partial charge in [0.05, 0.1) is 12.3 Å². The fourth-order valence-electron chi connectivity index (χ4n) is 6.38. The van der Waals surface area contributed by atoms with Crippen LogP contribution >= 0.6 is 0 Å². The van der Waals surface area contributed by atoms with Crippen molar-refractivity contribution in [3.8, 4) is 34.2 Å². The van der Waals surface area contributed by atoms with E-state index in [-0.39, 0.29) is 0 Å². The number of aliphatic imine (C=N–C) groups is 1. The molecule has 0 aliphatic rings. The van der Waals surface area contributed by atoms with Crippen LogP contribution in [-0.4, -0.2) is 20.7 Å². The molecule has 7 aromatic carbocycles. The summed E-state index contributed by atoms with van der Waals surface area (Å²) in [5, 5.41) is 4.27. The van der Waals surface area contributed by atoms with Crippen LogP contribution < -0.4 is 5.73 Å². The molecule has 0 aliphatic carbocycles. The summed E-state index contributed by atoms with van der Waals surface area (Å²) in [4.78, 5) is 20.8. The highest BCUT2D eigenvalue weighted by molar-refractivity contribution is 6.28. The largest absolute Gasteiger partial charge is 0.398 e. The molecule has 0 unspecified atom stereocenters. The molecule has 5 heteroatoms. The minimum atomic E-state index is 0.469. The van der Waals surface area contributed by atoms with Crippen molar-refractivity contribution in [3.63, 3.8) is 0 Å². The highest BCUT2D eigenvalue weighted by atomic mass is 15.0. The predicted octanol–water partition coefficient (Wildman–Crippen LogP) is 10.2. The van der Waals surface area contributed by atoms with Crippen molar-refractivity contribution in [3.05, 3.63) is 193 Å². The van der Waals surface area contributed by atoms with Crippen LogP contribution in [0.25, 0.3) is 61.4 Å². The molecule has 5 nitrogen and oxygen atoms in total. The summed E-state index contributed by atoms with van der Waals surface area (Å²) in [6.45, 7) is 0.469. The Kier molecular flexibility index (Phi) is 8.44. The van der Waals surface area contributed by atoms with Gasteiger partial charge in [-0.2, -0.15) is 0 Å². The highest BCUT2D eigenvalue weighted by Crippen LogP contribution is 2.40. The molecule has 0 saturated heterocycles. The van der Waals surface area contributed by atoms with E-state index in [4.69, 9.17) is 25.7 Å². The predicted molar refractivity (Wildman–Crippen MR) is 206 cm³/mol. The van der Waals surface area contributed by atoms with Gasteiger partial charge in [-0.25, -0.2) is 15.0 Å². The zero-order valence-electron chi connectivity index (χ0n) is 27.3. The van der Waals surface area contributed by atoms with E-state index in [1.807, 2.05) is 115 Å². The molecule has 1 aromatic heterocycles. The van der Waals surface area contributed by atoms with Crippen molar-refractivity contribution < 1.29 is 0 Å². The van der Waals surface area contributed by atoms with Crippen molar-refractivity contribution in [2.24, 2.45) is 10.7 Å². The van der Waals surface area contributed by atoms with Crippen LogP contribution in [0, 0.1) is 0 Å². The fraction of sp³-hybridized carbons (Fsp3) is 0.0222. The van der Waals surface area contributed by atoms with Crippen LogP contribution in [0.3, 0.4) is 0 Å². The maximum absolute atomic E-state index is 6.89. The summed E-state index contributed by atoms with van der Waals surface area (Å²) >= 11 is 0. The van der Waals surface area contributed by atoms with Gasteiger partial charge in [0.15, 0.2) is 17.5 Å². The summed E-state index contributed by atoms with van der Waals surface area (Å²) in [6.07, 6.45) is 2.00. The number of aromatic nitrogens is 3. The first kappa shape index (κ1) is 30.6. The van der Waals surface area contributed by atoms with Crippen LogP contribution in [0.15, 0.2) is 181 Å². The average molecular weight is 644 g/mol. The third-order valence-electron chi connectivity index (χ3n) is 8.79. The Hall–Kier alpha value is -6.72. The summed E-state index contributed by atoms with van der Waals surface area (Å²) < 4.78 is 0. The monoisotopic (exact) mass is 643 g/mol. The average Bonchev–Trinajstić information content (AvgIpc) is 3.20. The van der Waals surface area contributed by atoms with Crippen LogP contribution in [0.4, 0.5) is 0 Å². The smallest absolute Gasteiger partial charge is 0.165 e. The molecule has 8 rings (SSSR count). The summed E-state index contributed by atoms with van der Waals surface area (Å²) in [6, 6.07) is 57.4. The fourth-order valence-corrected chi connectivity index (χ4v) is 6.38. The van der Waals surface area contributed by atoms with Gasteiger partial charge in [0.2, 0.25) is 0 Å². The van der Waals surface area contributed by atoms with Crippen molar-refractivity contribution in [2.45, 2.75) is 6.54 Å². The summed E-state index contributed by atoms with van der Waals surface area (Å²) in [5.41, 5.74) is 13.9. The van der Waals surface area contributed by atoms with Gasteiger partial charge in [-0.1, -0.05) is 170 Å². The van der Waals surface area contributed by atoms with E-state index < -0.39 is 0 Å². The Balaban J connectivity index is 1.48. The van der Waals surface area contributed by atoms with E-state index in [9.17, 15) is 0 Å². The van der Waals surface area contributed by atoms with Gasteiger partial charge in [-0.15, -0.1) is 0 Å². The molecule has 2 N–H and O–H groups in total. The van der Waals surface area contributed by atoms with Crippen molar-refractivity contribution in [2.75, 3.05) is 0 Å². The molecular weight excluding hydrogens is 611 g/mol. The number of hydrogen-bond donors (Lipinski definition) is 1. The van der Waals surface area contributed by atoms with Gasteiger partial charge in [-0.3, -0.25) is 4.99 Å². The Bertz CT molecular complexity index is 2430. The van der Waals surface area contributed by atoms with E-state index in [0.29, 0.717) is 29.7 Å². The number of benzene rings is 7. The Morgan fingerprint density at radius 3 is 1.50 bits per heavy atom. The lowest BCUT2D eigenvalue weighted by molar-refractivity contribution is 1.07. The molecule has 0 atom stereocenters. The maximum Gasteiger partial charge on any atom is 0.165 e. The number of rotatable bonds is 8. The maximum atomic E-state index is 6.89. The molecule has 238 valence electrons. The van der Waals surface area contributed by atoms with Gasteiger partial charge in [-0.05, 0) is 38.7 Å². The molecule has 8 aromatic rings. The number of hydrogen-bond acceptors (Lipinski definition) is 5. The topological polar surface area (TPSA) is 77.0 Å². The number of allylic oxidation sites excluding steroid dienone is 1. The molecule has 0 radical (unpaired) electrons. The second-order valence-electron chi connectivity index (χ2n) is 12.0. The minimum Gasteiger partial charge on any atom is -0.398 e. The molecule has 0 amide bonds. The Morgan fingerprint density at radius 1 is 0.480 bits per heavy atom. The molecule has 0 spiro atoms. The molecule has 0 aliphatic heterocycles. The van der Waals surface area contributed by atoms with Crippen LogP contribution in [-0.2, 0) is 6.54 Å². The lowest BCUT2D eigenvalue weighted by atomic mass is 9.88. The normalized spacial score (nSPS) is 12.0. The first-order valence-electron chi connectivity index (χ1n) is 16.6. The third-order valence-corrected chi connectivity index (χ3v) is 8.79. The quantitative estimate of drug-likeness (QED) is 0.132. The van der Waals surface area contributed by atoms with Gasteiger partial charge in [0.1, 0.15) is 0 Å². The van der Waals surface area contributed by atoms with E-state index >= 15 is 0 Å². The Morgan fingerprint density at radius 2 is 0.920 bits per heavy atom. The van der Waals surface area contributed by atoms with Crippen LogP contribution in [0.2, 0.25) is 0 Å². The van der Waals surface area contributed by atoms with E-state index in [1.165, 1.54) is 0 Å². The number of nitrogens with zero attached hydrogens (tertiary/aromatic N) is 4. The zero-order valence-corrected chi connectivity index (χ0v) is 27.3.